The first-order valence-corrected chi connectivity index (χ1v) is 15.3. The summed E-state index contributed by atoms with van der Waals surface area (Å²) in [6, 6.07) is 53.2. The van der Waals surface area contributed by atoms with E-state index in [0.717, 1.165) is 50.0 Å². The molecule has 2 heterocycles. The van der Waals surface area contributed by atoms with Crippen LogP contribution in [-0.4, -0.2) is 9.97 Å². The molecule has 0 aliphatic heterocycles. The van der Waals surface area contributed by atoms with E-state index in [4.69, 9.17) is 14.4 Å². The van der Waals surface area contributed by atoms with Crippen LogP contribution in [0.2, 0.25) is 0 Å². The van der Waals surface area contributed by atoms with Crippen LogP contribution in [0.15, 0.2) is 156 Å². The van der Waals surface area contributed by atoms with E-state index in [1.165, 1.54) is 27.8 Å². The lowest BCUT2D eigenvalue weighted by Gasteiger charge is -2.28. The fraction of sp³-hybridized carbons (Fsp3) is 0.0476. The largest absolute Gasteiger partial charge is 0.456 e. The molecule has 1 unspecified atom stereocenters. The molecule has 0 spiro atoms. The molecule has 1 aliphatic carbocycles. The minimum absolute atomic E-state index is 0.284. The quantitative estimate of drug-likeness (QED) is 0.209. The summed E-state index contributed by atoms with van der Waals surface area (Å²) in [5.74, 6) is 0.697. The van der Waals surface area contributed by atoms with Crippen molar-refractivity contribution in [1.29, 1.82) is 0 Å². The first-order chi connectivity index (χ1) is 22.2. The minimum atomic E-state index is -0.284. The Balaban J connectivity index is 1.29. The number of fused-ring (bicyclic) bond motifs is 6. The summed E-state index contributed by atoms with van der Waals surface area (Å²) in [5.41, 5.74) is 12.6. The van der Waals surface area contributed by atoms with Crippen molar-refractivity contribution < 1.29 is 4.42 Å². The van der Waals surface area contributed by atoms with E-state index in [1.54, 1.807) is 0 Å². The van der Waals surface area contributed by atoms with E-state index in [9.17, 15) is 0 Å². The Bertz CT molecular complexity index is 2390. The van der Waals surface area contributed by atoms with Gasteiger partial charge in [0.2, 0.25) is 0 Å². The fourth-order valence-electron chi connectivity index (χ4n) is 7.17. The summed E-state index contributed by atoms with van der Waals surface area (Å²) < 4.78 is 6.27. The number of hydrogen-bond donors (Lipinski definition) is 0. The molecule has 3 heteroatoms. The van der Waals surface area contributed by atoms with Crippen LogP contribution in [0.4, 0.5) is 0 Å². The number of nitrogens with zero attached hydrogens (tertiary/aromatic N) is 2. The Labute approximate surface area is 261 Å². The maximum absolute atomic E-state index is 6.27. The molecule has 6 aromatic carbocycles. The van der Waals surface area contributed by atoms with E-state index in [-0.39, 0.29) is 5.41 Å². The van der Waals surface area contributed by atoms with Crippen LogP contribution >= 0.6 is 0 Å². The summed E-state index contributed by atoms with van der Waals surface area (Å²) >= 11 is 0. The molecular weight excluding hydrogens is 548 g/mol. The van der Waals surface area contributed by atoms with E-state index < -0.39 is 0 Å². The van der Waals surface area contributed by atoms with Crippen LogP contribution < -0.4 is 0 Å². The number of benzene rings is 6. The van der Waals surface area contributed by atoms with Crippen LogP contribution in [0.5, 0.6) is 0 Å². The lowest BCUT2D eigenvalue weighted by molar-refractivity contribution is 0.669. The van der Waals surface area contributed by atoms with Crippen molar-refractivity contribution in [3.05, 3.63) is 168 Å². The van der Waals surface area contributed by atoms with Gasteiger partial charge in [-0.3, -0.25) is 0 Å². The molecule has 1 aliphatic rings. The van der Waals surface area contributed by atoms with Gasteiger partial charge in [0.1, 0.15) is 11.2 Å². The molecule has 212 valence electrons. The zero-order chi connectivity index (χ0) is 30.0. The fourth-order valence-corrected chi connectivity index (χ4v) is 7.17. The van der Waals surface area contributed by atoms with Crippen LogP contribution in [0, 0.1) is 0 Å². The van der Waals surface area contributed by atoms with Crippen LogP contribution in [0.1, 0.15) is 23.6 Å². The standard InChI is InChI=1S/C42H28N2O/c1-42(29-15-6-3-7-16-29)34-20-10-8-18-32(34)40-33(19-12-21-35(40)42)37-26-36(43-41(44-37)27-13-4-2-5-14-27)28-23-24-31-30-17-9-11-22-38(30)45-39(31)25-28/h2-26H,1H3. The Morgan fingerprint density at radius 2 is 1.16 bits per heavy atom. The molecular formula is C42H28N2O. The summed E-state index contributed by atoms with van der Waals surface area (Å²) in [4.78, 5) is 10.4. The molecule has 0 bridgehead atoms. The van der Waals surface area contributed by atoms with Gasteiger partial charge >= 0.3 is 0 Å². The molecule has 0 radical (unpaired) electrons. The topological polar surface area (TPSA) is 38.9 Å². The van der Waals surface area contributed by atoms with E-state index in [1.807, 2.05) is 36.4 Å². The van der Waals surface area contributed by atoms with E-state index in [0.29, 0.717) is 5.82 Å². The van der Waals surface area contributed by atoms with Crippen LogP contribution in [0.25, 0.3) is 67.0 Å². The Morgan fingerprint density at radius 3 is 2.02 bits per heavy atom. The number of furan rings is 1. The highest BCUT2D eigenvalue weighted by Gasteiger charge is 2.41. The molecule has 0 saturated heterocycles. The average Bonchev–Trinajstić information content (AvgIpc) is 3.62. The first-order valence-electron chi connectivity index (χ1n) is 15.3. The molecule has 0 saturated carbocycles. The van der Waals surface area contributed by atoms with Crippen LogP contribution in [0.3, 0.4) is 0 Å². The van der Waals surface area contributed by atoms with Crippen molar-refractivity contribution in [3.8, 4) is 45.0 Å². The predicted molar refractivity (Wildman–Crippen MR) is 183 cm³/mol. The van der Waals surface area contributed by atoms with Crippen molar-refractivity contribution in [2.24, 2.45) is 0 Å². The van der Waals surface area contributed by atoms with Crippen LogP contribution in [-0.2, 0) is 5.41 Å². The molecule has 8 aromatic rings. The third-order valence-corrected chi connectivity index (χ3v) is 9.40. The lowest BCUT2D eigenvalue weighted by atomic mass is 9.74. The predicted octanol–water partition coefficient (Wildman–Crippen LogP) is 10.7. The molecule has 2 aromatic heterocycles. The smallest absolute Gasteiger partial charge is 0.160 e. The number of aromatic nitrogens is 2. The number of rotatable bonds is 4. The zero-order valence-electron chi connectivity index (χ0n) is 24.7. The summed E-state index contributed by atoms with van der Waals surface area (Å²) in [5, 5.41) is 2.22. The van der Waals surface area contributed by atoms with Gasteiger partial charge in [-0.25, -0.2) is 9.97 Å². The van der Waals surface area contributed by atoms with Gasteiger partial charge in [-0.05, 0) is 59.0 Å². The molecule has 0 N–H and O–H groups in total. The molecule has 9 rings (SSSR count). The maximum atomic E-state index is 6.27. The summed E-state index contributed by atoms with van der Waals surface area (Å²) in [7, 11) is 0. The van der Waals surface area contributed by atoms with Gasteiger partial charge in [-0.1, -0.05) is 127 Å². The average molecular weight is 577 g/mol. The van der Waals surface area contributed by atoms with E-state index in [2.05, 4.69) is 122 Å². The molecule has 3 nitrogen and oxygen atoms in total. The molecule has 1 atom stereocenters. The van der Waals surface area contributed by atoms with Gasteiger partial charge in [0.05, 0.1) is 11.4 Å². The maximum Gasteiger partial charge on any atom is 0.160 e. The highest BCUT2D eigenvalue weighted by molar-refractivity contribution is 6.06. The summed E-state index contributed by atoms with van der Waals surface area (Å²) in [6.07, 6.45) is 0. The number of para-hydroxylation sites is 1. The van der Waals surface area contributed by atoms with Crippen molar-refractivity contribution in [1.82, 2.24) is 9.97 Å². The second-order valence-electron chi connectivity index (χ2n) is 11.9. The SMILES string of the molecule is CC1(c2ccccc2)c2ccccc2-c2c(-c3cc(-c4ccc5c(c4)oc4ccccc45)nc(-c4ccccc4)n3)cccc21. The van der Waals surface area contributed by atoms with Crippen molar-refractivity contribution in [2.75, 3.05) is 0 Å². The van der Waals surface area contributed by atoms with Gasteiger partial charge in [0.25, 0.3) is 0 Å². The second-order valence-corrected chi connectivity index (χ2v) is 11.9. The molecule has 45 heavy (non-hydrogen) atoms. The number of hydrogen-bond acceptors (Lipinski definition) is 3. The monoisotopic (exact) mass is 576 g/mol. The Kier molecular flexibility index (Phi) is 5.63. The van der Waals surface area contributed by atoms with Gasteiger partial charge in [-0.15, -0.1) is 0 Å². The third-order valence-electron chi connectivity index (χ3n) is 9.40. The minimum Gasteiger partial charge on any atom is -0.456 e. The van der Waals surface area contributed by atoms with Gasteiger partial charge < -0.3 is 4.42 Å². The summed E-state index contributed by atoms with van der Waals surface area (Å²) in [6.45, 7) is 2.35. The van der Waals surface area contributed by atoms with E-state index >= 15 is 0 Å². The lowest BCUT2D eigenvalue weighted by Crippen LogP contribution is -2.22. The highest BCUT2D eigenvalue weighted by Crippen LogP contribution is 2.55. The Morgan fingerprint density at radius 1 is 0.489 bits per heavy atom. The van der Waals surface area contributed by atoms with Gasteiger partial charge in [-0.2, -0.15) is 0 Å². The molecule has 0 amide bonds. The van der Waals surface area contributed by atoms with Crippen molar-refractivity contribution in [3.63, 3.8) is 0 Å². The highest BCUT2D eigenvalue weighted by atomic mass is 16.3. The third kappa shape index (κ3) is 3.91. The first kappa shape index (κ1) is 25.7. The van der Waals surface area contributed by atoms with Crippen molar-refractivity contribution in [2.45, 2.75) is 12.3 Å². The van der Waals surface area contributed by atoms with Gasteiger partial charge in [0.15, 0.2) is 5.82 Å². The second kappa shape index (κ2) is 9.87. The Hall–Kier alpha value is -5.80. The zero-order valence-corrected chi connectivity index (χ0v) is 24.7. The van der Waals surface area contributed by atoms with Gasteiger partial charge in [0, 0.05) is 32.9 Å². The van der Waals surface area contributed by atoms with Crippen molar-refractivity contribution >= 4 is 21.9 Å². The normalized spacial score (nSPS) is 15.3. The molecule has 0 fully saturated rings.